The van der Waals surface area contributed by atoms with Crippen LogP contribution in [0.15, 0.2) is 17.5 Å². The van der Waals surface area contributed by atoms with E-state index in [-0.39, 0.29) is 0 Å². The lowest BCUT2D eigenvalue weighted by Gasteiger charge is -1.92. The van der Waals surface area contributed by atoms with Gasteiger partial charge in [-0.05, 0) is 17.9 Å². The van der Waals surface area contributed by atoms with Crippen molar-refractivity contribution in [2.75, 3.05) is 6.54 Å². The van der Waals surface area contributed by atoms with Crippen LogP contribution in [0.2, 0.25) is 0 Å². The lowest BCUT2D eigenvalue weighted by Crippen LogP contribution is -2.08. The van der Waals surface area contributed by atoms with Gasteiger partial charge in [0.25, 0.3) is 0 Å². The highest BCUT2D eigenvalue weighted by Crippen LogP contribution is 2.07. The molecule has 0 spiro atoms. The first kappa shape index (κ1) is 7.10. The molecule has 0 amide bonds. The summed E-state index contributed by atoms with van der Waals surface area (Å²) in [5.41, 5.74) is 0. The molecule has 52 valence electrons. The third-order valence-corrected chi connectivity index (χ3v) is 2.09. The summed E-state index contributed by atoms with van der Waals surface area (Å²) in [4.78, 5) is 1.32. The summed E-state index contributed by atoms with van der Waals surface area (Å²) in [6.45, 7) is 0.747. The summed E-state index contributed by atoms with van der Waals surface area (Å²) in [6, 6.07) is 4.09. The van der Waals surface area contributed by atoms with Crippen LogP contribution in [-0.2, 0) is 6.42 Å². The third-order valence-electron chi connectivity index (χ3n) is 1.16. The zero-order valence-electron chi connectivity index (χ0n) is 5.50. The fraction of sp³-hybridized carbons (Fsp3) is 0.286. The number of thiophene rings is 1. The van der Waals surface area contributed by atoms with E-state index in [2.05, 4.69) is 11.4 Å². The summed E-state index contributed by atoms with van der Waals surface area (Å²) >= 11 is 1.72. The van der Waals surface area contributed by atoms with Crippen LogP contribution in [0.25, 0.3) is 0 Å². The van der Waals surface area contributed by atoms with Gasteiger partial charge in [0.1, 0.15) is 0 Å². The van der Waals surface area contributed by atoms with Gasteiger partial charge < -0.3 is 5.32 Å². The van der Waals surface area contributed by atoms with Crippen LogP contribution in [0.3, 0.4) is 0 Å². The topological polar surface area (TPSA) is 35.8 Å². The standard InChI is InChI=1S/C7H8N2S/c8-6-9-4-3-7-2-1-5-10-7/h1-2,5,9H,3-4H2. The maximum atomic E-state index is 8.14. The minimum Gasteiger partial charge on any atom is -0.323 e. The number of hydrogen-bond acceptors (Lipinski definition) is 3. The molecule has 0 bridgehead atoms. The molecule has 0 unspecified atom stereocenters. The number of nitrogens with zero attached hydrogens (tertiary/aromatic N) is 1. The van der Waals surface area contributed by atoms with E-state index in [1.807, 2.05) is 17.6 Å². The van der Waals surface area contributed by atoms with Crippen LogP contribution in [-0.4, -0.2) is 6.54 Å². The molecule has 3 heteroatoms. The summed E-state index contributed by atoms with van der Waals surface area (Å²) in [5.74, 6) is 0. The van der Waals surface area contributed by atoms with E-state index in [1.165, 1.54) is 4.88 Å². The molecule has 0 fully saturated rings. The molecule has 2 nitrogen and oxygen atoms in total. The van der Waals surface area contributed by atoms with Gasteiger partial charge >= 0.3 is 0 Å². The van der Waals surface area contributed by atoms with Gasteiger partial charge in [0, 0.05) is 11.4 Å². The van der Waals surface area contributed by atoms with Gasteiger partial charge in [0.2, 0.25) is 0 Å². The molecule has 0 aliphatic heterocycles. The first-order valence-corrected chi connectivity index (χ1v) is 3.96. The lowest BCUT2D eigenvalue weighted by atomic mass is 10.3. The van der Waals surface area contributed by atoms with Crippen LogP contribution >= 0.6 is 11.3 Å². The fourth-order valence-corrected chi connectivity index (χ4v) is 1.41. The van der Waals surface area contributed by atoms with E-state index in [4.69, 9.17) is 5.26 Å². The van der Waals surface area contributed by atoms with Gasteiger partial charge in [-0.3, -0.25) is 0 Å². The molecule has 10 heavy (non-hydrogen) atoms. The monoisotopic (exact) mass is 152 g/mol. The van der Waals surface area contributed by atoms with Gasteiger partial charge in [-0.25, -0.2) is 0 Å². The van der Waals surface area contributed by atoms with Gasteiger partial charge in [-0.1, -0.05) is 6.07 Å². The van der Waals surface area contributed by atoms with Crippen molar-refractivity contribution in [3.05, 3.63) is 22.4 Å². The summed E-state index contributed by atoms with van der Waals surface area (Å²) in [6.07, 6.45) is 2.83. The minimum atomic E-state index is 0.747. The molecular formula is C7H8N2S. The number of rotatable bonds is 3. The van der Waals surface area contributed by atoms with Crippen LogP contribution in [0.1, 0.15) is 4.88 Å². The van der Waals surface area contributed by atoms with Crippen molar-refractivity contribution < 1.29 is 0 Å². The first-order valence-electron chi connectivity index (χ1n) is 3.08. The van der Waals surface area contributed by atoms with Crippen LogP contribution in [0.5, 0.6) is 0 Å². The predicted octanol–water partition coefficient (Wildman–Crippen LogP) is 1.36. The molecule has 0 aromatic carbocycles. The zero-order valence-corrected chi connectivity index (χ0v) is 6.32. The summed E-state index contributed by atoms with van der Waals surface area (Å²) in [5, 5.41) is 12.8. The van der Waals surface area contributed by atoms with E-state index in [0.717, 1.165) is 13.0 Å². The molecule has 0 saturated heterocycles. The highest BCUT2D eigenvalue weighted by molar-refractivity contribution is 7.09. The molecule has 1 rings (SSSR count). The Morgan fingerprint density at radius 3 is 3.20 bits per heavy atom. The van der Waals surface area contributed by atoms with Gasteiger partial charge in [-0.15, -0.1) is 11.3 Å². The van der Waals surface area contributed by atoms with Gasteiger partial charge in [0.05, 0.1) is 0 Å². The van der Waals surface area contributed by atoms with E-state index < -0.39 is 0 Å². The first-order chi connectivity index (χ1) is 4.93. The molecule has 1 N–H and O–H groups in total. The molecule has 1 heterocycles. The highest BCUT2D eigenvalue weighted by atomic mass is 32.1. The summed E-state index contributed by atoms with van der Waals surface area (Å²) < 4.78 is 0. The molecule has 0 atom stereocenters. The van der Waals surface area contributed by atoms with Crippen molar-refractivity contribution in [1.82, 2.24) is 5.32 Å². The zero-order chi connectivity index (χ0) is 7.23. The van der Waals surface area contributed by atoms with E-state index in [9.17, 15) is 0 Å². The smallest absolute Gasteiger partial charge is 0.176 e. The maximum Gasteiger partial charge on any atom is 0.176 e. The molecule has 1 aromatic heterocycles. The Morgan fingerprint density at radius 2 is 2.60 bits per heavy atom. The Hall–Kier alpha value is -1.01. The second-order valence-electron chi connectivity index (χ2n) is 1.87. The number of nitriles is 1. The minimum absolute atomic E-state index is 0.747. The predicted molar refractivity (Wildman–Crippen MR) is 41.6 cm³/mol. The Kier molecular flexibility index (Phi) is 2.78. The molecule has 0 aliphatic rings. The Bertz CT molecular complexity index is 210. The Balaban J connectivity index is 2.23. The second kappa shape index (κ2) is 3.91. The maximum absolute atomic E-state index is 8.14. The largest absolute Gasteiger partial charge is 0.323 e. The van der Waals surface area contributed by atoms with Gasteiger partial charge in [-0.2, -0.15) is 5.26 Å². The van der Waals surface area contributed by atoms with Crippen LogP contribution in [0, 0.1) is 11.5 Å². The van der Waals surface area contributed by atoms with E-state index in [1.54, 1.807) is 11.3 Å². The van der Waals surface area contributed by atoms with Crippen molar-refractivity contribution in [3.8, 4) is 6.19 Å². The van der Waals surface area contributed by atoms with Crippen molar-refractivity contribution in [2.24, 2.45) is 0 Å². The Labute approximate surface area is 64.1 Å². The molecular weight excluding hydrogens is 144 g/mol. The average Bonchev–Trinajstić information content (AvgIpc) is 2.41. The third kappa shape index (κ3) is 2.08. The highest BCUT2D eigenvalue weighted by Gasteiger charge is 1.90. The van der Waals surface area contributed by atoms with Crippen LogP contribution < -0.4 is 5.32 Å². The SMILES string of the molecule is N#CNCCc1cccs1. The van der Waals surface area contributed by atoms with Crippen LogP contribution in [0.4, 0.5) is 0 Å². The van der Waals surface area contributed by atoms with Gasteiger partial charge in [0.15, 0.2) is 6.19 Å². The van der Waals surface area contributed by atoms with E-state index in [0.29, 0.717) is 0 Å². The summed E-state index contributed by atoms with van der Waals surface area (Å²) in [7, 11) is 0. The van der Waals surface area contributed by atoms with E-state index >= 15 is 0 Å². The number of nitrogens with one attached hydrogen (secondary N) is 1. The van der Waals surface area contributed by atoms with Crippen molar-refractivity contribution in [3.63, 3.8) is 0 Å². The molecule has 1 aromatic rings. The van der Waals surface area contributed by atoms with Crippen molar-refractivity contribution in [1.29, 1.82) is 5.26 Å². The lowest BCUT2D eigenvalue weighted by molar-refractivity contribution is 0.853. The number of hydrogen-bond donors (Lipinski definition) is 1. The Morgan fingerprint density at radius 1 is 1.70 bits per heavy atom. The van der Waals surface area contributed by atoms with Crippen molar-refractivity contribution in [2.45, 2.75) is 6.42 Å². The molecule has 0 saturated carbocycles. The van der Waals surface area contributed by atoms with Crippen molar-refractivity contribution >= 4 is 11.3 Å². The normalized spacial score (nSPS) is 8.70. The fourth-order valence-electron chi connectivity index (χ4n) is 0.696. The quantitative estimate of drug-likeness (QED) is 0.403. The molecule has 0 radical (unpaired) electrons. The second-order valence-corrected chi connectivity index (χ2v) is 2.90. The average molecular weight is 152 g/mol. The molecule has 0 aliphatic carbocycles.